The smallest absolute Gasteiger partial charge is 0.293 e. The molecule has 1 N–H and O–H groups in total. The fraction of sp³-hybridized carbons (Fsp3) is 0.562. The molecule has 7 nitrogen and oxygen atoms in total. The lowest BCUT2D eigenvalue weighted by atomic mass is 9.98. The van der Waals surface area contributed by atoms with E-state index in [1.54, 1.807) is 12.1 Å². The number of amides is 1. The van der Waals surface area contributed by atoms with Gasteiger partial charge in [0.2, 0.25) is 0 Å². The molecule has 0 spiro atoms. The molecule has 1 aromatic carbocycles. The average molecular weight is 320 g/mol. The second-order valence-electron chi connectivity index (χ2n) is 6.31. The Morgan fingerprint density at radius 2 is 2.09 bits per heavy atom. The molecule has 1 aromatic rings. The summed E-state index contributed by atoms with van der Waals surface area (Å²) in [6.45, 7) is 6.71. The molecule has 1 fully saturated rings. The standard InChI is InChI=1S/C16H24N4O3/c1-11(2)15-10-18(4)7-8-19(15)13-6-5-12(16(21)17-3)9-14(13)20(22)23/h5-6,9,11,15H,7-8,10H2,1-4H3,(H,17,21). The zero-order valence-electron chi connectivity index (χ0n) is 14.1. The molecular weight excluding hydrogens is 296 g/mol. The van der Waals surface area contributed by atoms with Crippen molar-refractivity contribution in [1.82, 2.24) is 10.2 Å². The maximum Gasteiger partial charge on any atom is 0.293 e. The number of nitro benzene ring substituents is 1. The quantitative estimate of drug-likeness (QED) is 0.675. The van der Waals surface area contributed by atoms with Gasteiger partial charge in [-0.05, 0) is 25.1 Å². The Bertz CT molecular complexity index is 603. The lowest BCUT2D eigenvalue weighted by Gasteiger charge is -2.43. The topological polar surface area (TPSA) is 78.7 Å². The second kappa shape index (κ2) is 6.95. The molecule has 1 aliphatic rings. The van der Waals surface area contributed by atoms with E-state index in [0.29, 0.717) is 17.2 Å². The summed E-state index contributed by atoms with van der Waals surface area (Å²) in [6, 6.07) is 4.92. The summed E-state index contributed by atoms with van der Waals surface area (Å²) in [4.78, 5) is 27.2. The highest BCUT2D eigenvalue weighted by Crippen LogP contribution is 2.33. The van der Waals surface area contributed by atoms with Crippen LogP contribution < -0.4 is 10.2 Å². The lowest BCUT2D eigenvalue weighted by molar-refractivity contribution is -0.384. The molecule has 0 radical (unpaired) electrons. The third-order valence-electron chi connectivity index (χ3n) is 4.36. The van der Waals surface area contributed by atoms with Crippen molar-refractivity contribution in [3.05, 3.63) is 33.9 Å². The number of benzene rings is 1. The molecule has 0 aliphatic carbocycles. The largest absolute Gasteiger partial charge is 0.360 e. The number of hydrogen-bond donors (Lipinski definition) is 1. The summed E-state index contributed by atoms with van der Waals surface area (Å²) in [6.07, 6.45) is 0. The van der Waals surface area contributed by atoms with Gasteiger partial charge >= 0.3 is 0 Å². The zero-order chi connectivity index (χ0) is 17.1. The second-order valence-corrected chi connectivity index (χ2v) is 6.31. The van der Waals surface area contributed by atoms with Gasteiger partial charge in [0.1, 0.15) is 5.69 Å². The molecule has 0 saturated carbocycles. The van der Waals surface area contributed by atoms with Crippen molar-refractivity contribution < 1.29 is 9.72 Å². The Balaban J connectivity index is 2.44. The Labute approximate surface area is 136 Å². The summed E-state index contributed by atoms with van der Waals surface area (Å²) in [7, 11) is 3.58. The fourth-order valence-electron chi connectivity index (χ4n) is 3.02. The SMILES string of the molecule is CNC(=O)c1ccc(N2CCN(C)CC2C(C)C)c([N+](=O)[O-])c1. The monoisotopic (exact) mass is 320 g/mol. The molecule has 1 saturated heterocycles. The van der Waals surface area contributed by atoms with Gasteiger partial charge in [0.05, 0.1) is 4.92 Å². The van der Waals surface area contributed by atoms with E-state index in [4.69, 9.17) is 0 Å². The minimum atomic E-state index is -0.405. The predicted molar refractivity (Wildman–Crippen MR) is 90.0 cm³/mol. The summed E-state index contributed by atoms with van der Waals surface area (Å²) in [5, 5.41) is 14.0. The van der Waals surface area contributed by atoms with E-state index in [-0.39, 0.29) is 17.6 Å². The van der Waals surface area contributed by atoms with Crippen molar-refractivity contribution in [2.45, 2.75) is 19.9 Å². The highest BCUT2D eigenvalue weighted by atomic mass is 16.6. The first-order valence-corrected chi connectivity index (χ1v) is 7.80. The number of nitrogens with zero attached hydrogens (tertiary/aromatic N) is 3. The van der Waals surface area contributed by atoms with Crippen LogP contribution in [-0.2, 0) is 0 Å². The molecule has 1 amide bonds. The van der Waals surface area contributed by atoms with Crippen molar-refractivity contribution in [3.63, 3.8) is 0 Å². The van der Waals surface area contributed by atoms with Crippen LogP contribution in [0.5, 0.6) is 0 Å². The lowest BCUT2D eigenvalue weighted by Crippen LogP contribution is -2.54. The van der Waals surface area contributed by atoms with Gasteiger partial charge in [-0.25, -0.2) is 0 Å². The van der Waals surface area contributed by atoms with E-state index in [2.05, 4.69) is 36.0 Å². The van der Waals surface area contributed by atoms with Crippen LogP contribution in [0.4, 0.5) is 11.4 Å². The van der Waals surface area contributed by atoms with Gasteiger partial charge in [0, 0.05) is 44.4 Å². The normalized spacial score (nSPS) is 19.0. The summed E-state index contributed by atoms with van der Waals surface area (Å²) >= 11 is 0. The first-order valence-electron chi connectivity index (χ1n) is 7.80. The van der Waals surface area contributed by atoms with Gasteiger partial charge in [-0.15, -0.1) is 0 Å². The summed E-state index contributed by atoms with van der Waals surface area (Å²) < 4.78 is 0. The van der Waals surface area contributed by atoms with Gasteiger partial charge in [-0.3, -0.25) is 14.9 Å². The molecule has 2 rings (SSSR count). The Hall–Kier alpha value is -2.15. The number of anilines is 1. The zero-order valence-corrected chi connectivity index (χ0v) is 14.1. The van der Waals surface area contributed by atoms with Crippen LogP contribution in [0.1, 0.15) is 24.2 Å². The number of piperazine rings is 1. The van der Waals surface area contributed by atoms with Crippen molar-refractivity contribution in [3.8, 4) is 0 Å². The van der Waals surface area contributed by atoms with Crippen molar-refractivity contribution in [2.75, 3.05) is 38.6 Å². The molecular formula is C16H24N4O3. The van der Waals surface area contributed by atoms with Crippen molar-refractivity contribution in [2.24, 2.45) is 5.92 Å². The molecule has 126 valence electrons. The highest BCUT2D eigenvalue weighted by Gasteiger charge is 2.32. The molecule has 0 aromatic heterocycles. The number of rotatable bonds is 4. The van der Waals surface area contributed by atoms with Gasteiger partial charge in [-0.2, -0.15) is 0 Å². The Kier molecular flexibility index (Phi) is 5.20. The molecule has 1 aliphatic heterocycles. The number of nitrogens with one attached hydrogen (secondary N) is 1. The Morgan fingerprint density at radius 3 is 2.65 bits per heavy atom. The molecule has 0 bridgehead atoms. The minimum Gasteiger partial charge on any atom is -0.360 e. The van der Waals surface area contributed by atoms with E-state index in [0.717, 1.165) is 19.6 Å². The van der Waals surface area contributed by atoms with Crippen LogP contribution in [0.25, 0.3) is 0 Å². The van der Waals surface area contributed by atoms with E-state index < -0.39 is 4.92 Å². The maximum atomic E-state index is 11.7. The fourth-order valence-corrected chi connectivity index (χ4v) is 3.02. The molecule has 1 unspecified atom stereocenters. The predicted octanol–water partition coefficient (Wildman–Crippen LogP) is 1.73. The number of carbonyl (C=O) groups is 1. The summed E-state index contributed by atoms with van der Waals surface area (Å²) in [5.41, 5.74) is 0.883. The van der Waals surface area contributed by atoms with Crippen LogP contribution in [0, 0.1) is 16.0 Å². The number of nitro groups is 1. The maximum absolute atomic E-state index is 11.7. The highest BCUT2D eigenvalue weighted by molar-refractivity contribution is 5.95. The first kappa shape index (κ1) is 17.2. The van der Waals surface area contributed by atoms with Gasteiger partial charge in [0.25, 0.3) is 11.6 Å². The number of hydrogen-bond acceptors (Lipinski definition) is 5. The van der Waals surface area contributed by atoms with Gasteiger partial charge in [0.15, 0.2) is 0 Å². The average Bonchev–Trinajstić information content (AvgIpc) is 2.53. The minimum absolute atomic E-state index is 0.0127. The third-order valence-corrected chi connectivity index (χ3v) is 4.36. The van der Waals surface area contributed by atoms with Crippen LogP contribution in [0.2, 0.25) is 0 Å². The van der Waals surface area contributed by atoms with Crippen LogP contribution in [-0.4, -0.2) is 55.5 Å². The molecule has 1 heterocycles. The van der Waals surface area contributed by atoms with E-state index >= 15 is 0 Å². The van der Waals surface area contributed by atoms with Crippen LogP contribution in [0.3, 0.4) is 0 Å². The number of carbonyl (C=O) groups excluding carboxylic acids is 1. The molecule has 1 atom stereocenters. The Morgan fingerprint density at radius 1 is 1.39 bits per heavy atom. The third kappa shape index (κ3) is 3.61. The van der Waals surface area contributed by atoms with E-state index in [9.17, 15) is 14.9 Å². The first-order chi connectivity index (χ1) is 10.8. The summed E-state index contributed by atoms with van der Waals surface area (Å²) in [5.74, 6) is 0.0504. The van der Waals surface area contributed by atoms with Gasteiger partial charge < -0.3 is 15.1 Å². The molecule has 7 heteroatoms. The van der Waals surface area contributed by atoms with Crippen molar-refractivity contribution in [1.29, 1.82) is 0 Å². The van der Waals surface area contributed by atoms with Gasteiger partial charge in [-0.1, -0.05) is 13.8 Å². The number of likely N-dealkylation sites (N-methyl/N-ethyl adjacent to an activating group) is 1. The van der Waals surface area contributed by atoms with Crippen LogP contribution >= 0.6 is 0 Å². The van der Waals surface area contributed by atoms with Crippen LogP contribution in [0.15, 0.2) is 18.2 Å². The van der Waals surface area contributed by atoms with Crippen molar-refractivity contribution >= 4 is 17.3 Å². The van der Waals surface area contributed by atoms with E-state index in [1.165, 1.54) is 13.1 Å². The molecule has 23 heavy (non-hydrogen) atoms. The van der Waals surface area contributed by atoms with E-state index in [1.807, 2.05) is 0 Å².